The zero-order valence-electron chi connectivity index (χ0n) is 10.1. The standard InChI is InChI=1S/C12H12N4OS/c1-16(2)7-3-4-14-12-9(7)10-11(18-12)8(17)5-13-6-15-10/h3-4,6H,5H2,1-2H3,(H,13,15). The first-order valence-corrected chi connectivity index (χ1v) is 6.37. The minimum absolute atomic E-state index is 0.0407. The van der Waals surface area contributed by atoms with E-state index in [-0.39, 0.29) is 12.3 Å². The molecule has 0 bridgehead atoms. The zero-order valence-corrected chi connectivity index (χ0v) is 10.9. The summed E-state index contributed by atoms with van der Waals surface area (Å²) in [6, 6.07) is 1.95. The molecule has 3 rings (SSSR count). The molecular weight excluding hydrogens is 248 g/mol. The van der Waals surface area contributed by atoms with Crippen molar-refractivity contribution in [1.82, 2.24) is 4.98 Å². The molecule has 0 unspecified atom stereocenters. The number of thiophene rings is 1. The van der Waals surface area contributed by atoms with Crippen LogP contribution in [-0.2, 0) is 0 Å². The Bertz CT molecular complexity index is 659. The van der Waals surface area contributed by atoms with Crippen molar-refractivity contribution in [1.29, 1.82) is 0 Å². The predicted octanol–water partition coefficient (Wildman–Crippen LogP) is 2.00. The number of anilines is 2. The number of rotatable bonds is 1. The molecule has 0 fully saturated rings. The Hall–Kier alpha value is -1.95. The van der Waals surface area contributed by atoms with Gasteiger partial charge in [0.05, 0.1) is 28.0 Å². The lowest BCUT2D eigenvalue weighted by Gasteiger charge is -2.14. The lowest BCUT2D eigenvalue weighted by atomic mass is 10.2. The number of hydrogen-bond donors (Lipinski definition) is 1. The van der Waals surface area contributed by atoms with Crippen molar-refractivity contribution in [2.75, 3.05) is 30.9 Å². The molecule has 0 radical (unpaired) electrons. The van der Waals surface area contributed by atoms with Crippen LogP contribution in [0.25, 0.3) is 10.2 Å². The Kier molecular flexibility index (Phi) is 2.52. The molecule has 2 aromatic heterocycles. The van der Waals surface area contributed by atoms with Crippen LogP contribution in [0.3, 0.4) is 0 Å². The molecule has 18 heavy (non-hydrogen) atoms. The maximum Gasteiger partial charge on any atom is 0.196 e. The number of nitrogens with one attached hydrogen (secondary N) is 1. The molecule has 0 amide bonds. The van der Waals surface area contributed by atoms with Crippen molar-refractivity contribution >= 4 is 45.0 Å². The third-order valence-electron chi connectivity index (χ3n) is 2.84. The maximum absolute atomic E-state index is 12.0. The second kappa shape index (κ2) is 4.06. The number of nitrogens with zero attached hydrogens (tertiary/aromatic N) is 3. The quantitative estimate of drug-likeness (QED) is 0.852. The normalized spacial score (nSPS) is 14.2. The Labute approximate surface area is 108 Å². The van der Waals surface area contributed by atoms with Crippen molar-refractivity contribution in [2.24, 2.45) is 4.99 Å². The number of aliphatic imine (C=N–C) groups is 1. The molecule has 2 aromatic rings. The molecule has 1 N–H and O–H groups in total. The monoisotopic (exact) mass is 260 g/mol. The van der Waals surface area contributed by atoms with Crippen LogP contribution in [0.5, 0.6) is 0 Å². The van der Waals surface area contributed by atoms with Gasteiger partial charge in [-0.1, -0.05) is 0 Å². The SMILES string of the molecule is CN(C)c1ccnc2sc3c(c12)NC=NCC3=O. The minimum atomic E-state index is 0.0407. The number of hydrogen-bond acceptors (Lipinski definition) is 6. The molecule has 6 heteroatoms. The smallest absolute Gasteiger partial charge is 0.196 e. The Morgan fingerprint density at radius 3 is 3.06 bits per heavy atom. The fraction of sp³-hybridized carbons (Fsp3) is 0.250. The van der Waals surface area contributed by atoms with E-state index in [9.17, 15) is 4.79 Å². The fourth-order valence-corrected chi connectivity index (χ4v) is 3.08. The summed E-state index contributed by atoms with van der Waals surface area (Å²) < 4.78 is 0. The van der Waals surface area contributed by atoms with Gasteiger partial charge in [-0.2, -0.15) is 0 Å². The molecule has 1 aliphatic rings. The van der Waals surface area contributed by atoms with E-state index in [4.69, 9.17) is 0 Å². The highest BCUT2D eigenvalue weighted by atomic mass is 32.1. The lowest BCUT2D eigenvalue weighted by Crippen LogP contribution is -2.09. The first kappa shape index (κ1) is 11.2. The van der Waals surface area contributed by atoms with Crippen LogP contribution in [0.4, 0.5) is 11.4 Å². The van der Waals surface area contributed by atoms with Crippen LogP contribution < -0.4 is 10.2 Å². The second-order valence-electron chi connectivity index (χ2n) is 4.25. The predicted molar refractivity (Wildman–Crippen MR) is 75.3 cm³/mol. The average molecular weight is 260 g/mol. The average Bonchev–Trinajstić information content (AvgIpc) is 2.63. The van der Waals surface area contributed by atoms with Crippen LogP contribution >= 0.6 is 11.3 Å². The maximum atomic E-state index is 12.0. The molecule has 0 saturated heterocycles. The second-order valence-corrected chi connectivity index (χ2v) is 5.25. The summed E-state index contributed by atoms with van der Waals surface area (Å²) in [5.41, 5.74) is 1.88. The molecule has 3 heterocycles. The fourth-order valence-electron chi connectivity index (χ4n) is 2.02. The van der Waals surface area contributed by atoms with Crippen LogP contribution in [0.15, 0.2) is 17.3 Å². The van der Waals surface area contributed by atoms with E-state index in [0.717, 1.165) is 21.6 Å². The number of pyridine rings is 1. The Morgan fingerprint density at radius 2 is 2.28 bits per heavy atom. The summed E-state index contributed by atoms with van der Waals surface area (Å²) in [7, 11) is 3.96. The summed E-state index contributed by atoms with van der Waals surface area (Å²) in [6.07, 6.45) is 3.36. The molecule has 92 valence electrons. The van der Waals surface area contributed by atoms with Crippen molar-refractivity contribution < 1.29 is 4.79 Å². The molecule has 0 aromatic carbocycles. The van der Waals surface area contributed by atoms with Gasteiger partial charge in [0.2, 0.25) is 0 Å². The highest BCUT2D eigenvalue weighted by Gasteiger charge is 2.22. The van der Waals surface area contributed by atoms with Crippen LogP contribution in [-0.4, -0.2) is 37.7 Å². The number of aromatic nitrogens is 1. The molecule has 5 nitrogen and oxygen atoms in total. The van der Waals surface area contributed by atoms with Crippen molar-refractivity contribution in [3.8, 4) is 0 Å². The van der Waals surface area contributed by atoms with E-state index in [1.165, 1.54) is 11.3 Å². The van der Waals surface area contributed by atoms with Crippen molar-refractivity contribution in [3.05, 3.63) is 17.1 Å². The van der Waals surface area contributed by atoms with E-state index >= 15 is 0 Å². The first-order chi connectivity index (χ1) is 8.68. The van der Waals surface area contributed by atoms with Crippen molar-refractivity contribution in [2.45, 2.75) is 0 Å². The number of carbonyl (C=O) groups excluding carboxylic acids is 1. The van der Waals surface area contributed by atoms with E-state index in [2.05, 4.69) is 15.3 Å². The van der Waals surface area contributed by atoms with Gasteiger partial charge in [-0.05, 0) is 6.07 Å². The Balaban J connectivity index is 2.36. The van der Waals surface area contributed by atoms with Gasteiger partial charge in [0.15, 0.2) is 5.78 Å². The largest absolute Gasteiger partial charge is 0.377 e. The van der Waals surface area contributed by atoms with E-state index in [1.54, 1.807) is 12.5 Å². The van der Waals surface area contributed by atoms with Crippen LogP contribution in [0, 0.1) is 0 Å². The molecule has 0 atom stereocenters. The number of Topliss-reactive ketones (excluding diaryl/α,β-unsaturated/α-hetero) is 1. The third-order valence-corrected chi connectivity index (χ3v) is 3.98. The summed E-state index contributed by atoms with van der Waals surface area (Å²) in [4.78, 5) is 23.9. The number of carbonyl (C=O) groups is 1. The summed E-state index contributed by atoms with van der Waals surface area (Å²) in [6.45, 7) is 0.199. The van der Waals surface area contributed by atoms with Crippen molar-refractivity contribution in [3.63, 3.8) is 0 Å². The summed E-state index contributed by atoms with van der Waals surface area (Å²) in [5.74, 6) is 0.0407. The van der Waals surface area contributed by atoms with Gasteiger partial charge in [-0.3, -0.25) is 9.79 Å². The van der Waals surface area contributed by atoms with E-state index in [1.807, 2.05) is 25.1 Å². The molecule has 0 saturated carbocycles. The molecular formula is C12H12N4OS. The summed E-state index contributed by atoms with van der Waals surface area (Å²) >= 11 is 1.42. The van der Waals surface area contributed by atoms with Gasteiger partial charge in [0.1, 0.15) is 11.4 Å². The molecule has 0 spiro atoms. The summed E-state index contributed by atoms with van der Waals surface area (Å²) in [5, 5.41) is 4.10. The highest BCUT2D eigenvalue weighted by molar-refractivity contribution is 7.21. The van der Waals surface area contributed by atoms with Gasteiger partial charge >= 0.3 is 0 Å². The van der Waals surface area contributed by atoms with E-state index < -0.39 is 0 Å². The van der Waals surface area contributed by atoms with Gasteiger partial charge in [-0.15, -0.1) is 11.3 Å². The third kappa shape index (κ3) is 1.57. The van der Waals surface area contributed by atoms with Crippen LogP contribution in [0.1, 0.15) is 9.67 Å². The van der Waals surface area contributed by atoms with Gasteiger partial charge < -0.3 is 10.2 Å². The van der Waals surface area contributed by atoms with Crippen LogP contribution in [0.2, 0.25) is 0 Å². The topological polar surface area (TPSA) is 57.6 Å². The van der Waals surface area contributed by atoms with Gasteiger partial charge in [0.25, 0.3) is 0 Å². The first-order valence-electron chi connectivity index (χ1n) is 5.55. The number of ketones is 1. The Morgan fingerprint density at radius 1 is 1.44 bits per heavy atom. The minimum Gasteiger partial charge on any atom is -0.377 e. The van der Waals surface area contributed by atoms with Gasteiger partial charge in [-0.25, -0.2) is 4.98 Å². The van der Waals surface area contributed by atoms with E-state index in [0.29, 0.717) is 4.88 Å². The molecule has 1 aliphatic heterocycles. The lowest BCUT2D eigenvalue weighted by molar-refractivity contribution is 0.101. The molecule has 0 aliphatic carbocycles. The number of fused-ring (bicyclic) bond motifs is 3. The zero-order chi connectivity index (χ0) is 12.7. The highest BCUT2D eigenvalue weighted by Crippen LogP contribution is 2.40. The van der Waals surface area contributed by atoms with Gasteiger partial charge in [0, 0.05) is 20.3 Å².